The summed E-state index contributed by atoms with van der Waals surface area (Å²) >= 11 is 0. The highest BCUT2D eigenvalue weighted by atomic mass is 16.2. The molecule has 1 heterocycles. The monoisotopic (exact) mass is 286 g/mol. The lowest BCUT2D eigenvalue weighted by molar-refractivity contribution is -0.116. The topological polar surface area (TPSA) is 120 Å². The first-order chi connectivity index (χ1) is 9.97. The van der Waals surface area contributed by atoms with Crippen LogP contribution in [0.1, 0.15) is 10.4 Å². The molecule has 0 unspecified atom stereocenters. The number of amides is 2. The number of hydrogen-bond donors (Lipinski definition) is 3. The van der Waals surface area contributed by atoms with Gasteiger partial charge in [0, 0.05) is 18.0 Å². The molecular weight excluding hydrogens is 272 g/mol. The van der Waals surface area contributed by atoms with Crippen LogP contribution in [0.25, 0.3) is 0 Å². The quantitative estimate of drug-likeness (QED) is 0.741. The summed E-state index contributed by atoms with van der Waals surface area (Å²) in [6.07, 6.45) is 1.38. The Labute approximate surface area is 120 Å². The third-order valence-corrected chi connectivity index (χ3v) is 2.79. The number of anilines is 2. The molecule has 0 aliphatic rings. The third-order valence-electron chi connectivity index (χ3n) is 2.79. The third kappa shape index (κ3) is 3.47. The zero-order valence-electron chi connectivity index (χ0n) is 11.1. The number of primary amides is 1. The van der Waals surface area contributed by atoms with Crippen molar-refractivity contribution in [2.45, 2.75) is 6.54 Å². The maximum Gasteiger partial charge on any atom is 0.251 e. The fourth-order valence-corrected chi connectivity index (χ4v) is 1.82. The second kappa shape index (κ2) is 5.91. The van der Waals surface area contributed by atoms with Crippen LogP contribution >= 0.6 is 0 Å². The van der Waals surface area contributed by atoms with Crippen molar-refractivity contribution >= 4 is 23.2 Å². The van der Waals surface area contributed by atoms with E-state index in [9.17, 15) is 14.4 Å². The molecular formula is C14H14N4O3. The normalized spacial score (nSPS) is 10.1. The predicted octanol–water partition coefficient (Wildman–Crippen LogP) is 0.168. The van der Waals surface area contributed by atoms with Gasteiger partial charge in [0.25, 0.3) is 11.5 Å². The zero-order chi connectivity index (χ0) is 15.4. The number of nitrogens with zero attached hydrogens (tertiary/aromatic N) is 1. The van der Waals surface area contributed by atoms with Gasteiger partial charge in [-0.15, -0.1) is 0 Å². The first kappa shape index (κ1) is 14.3. The van der Waals surface area contributed by atoms with E-state index < -0.39 is 11.8 Å². The Kier molecular flexibility index (Phi) is 4.03. The highest BCUT2D eigenvalue weighted by molar-refractivity contribution is 6.02. The van der Waals surface area contributed by atoms with Crippen molar-refractivity contribution < 1.29 is 9.59 Å². The summed E-state index contributed by atoms with van der Waals surface area (Å²) in [5, 5.41) is 2.55. The number of carbonyl (C=O) groups excluding carboxylic acids is 2. The van der Waals surface area contributed by atoms with E-state index in [2.05, 4.69) is 5.32 Å². The molecule has 108 valence electrons. The highest BCUT2D eigenvalue weighted by Crippen LogP contribution is 2.14. The van der Waals surface area contributed by atoms with Gasteiger partial charge in [-0.05, 0) is 18.2 Å². The molecule has 0 fully saturated rings. The molecule has 0 radical (unpaired) electrons. The summed E-state index contributed by atoms with van der Waals surface area (Å²) in [5.74, 6) is -1.11. The Morgan fingerprint density at radius 1 is 1.14 bits per heavy atom. The van der Waals surface area contributed by atoms with Crippen LogP contribution in [0, 0.1) is 0 Å². The maximum atomic E-state index is 12.0. The number of nitrogens with two attached hydrogens (primary N) is 2. The Bertz CT molecular complexity index is 752. The molecule has 2 amide bonds. The zero-order valence-corrected chi connectivity index (χ0v) is 11.1. The minimum atomic E-state index is -0.646. The van der Waals surface area contributed by atoms with Gasteiger partial charge < -0.3 is 21.4 Å². The van der Waals surface area contributed by atoms with Gasteiger partial charge in [0.15, 0.2) is 0 Å². The molecule has 0 aliphatic heterocycles. The molecule has 0 atom stereocenters. The van der Waals surface area contributed by atoms with Gasteiger partial charge in [-0.1, -0.05) is 12.1 Å². The minimum Gasteiger partial charge on any atom is -0.398 e. The van der Waals surface area contributed by atoms with E-state index in [0.717, 1.165) is 0 Å². The fourth-order valence-electron chi connectivity index (χ4n) is 1.82. The molecule has 7 nitrogen and oxygen atoms in total. The summed E-state index contributed by atoms with van der Waals surface area (Å²) in [7, 11) is 0. The average molecular weight is 286 g/mol. The number of rotatable bonds is 4. The smallest absolute Gasteiger partial charge is 0.251 e. The van der Waals surface area contributed by atoms with Crippen molar-refractivity contribution in [3.63, 3.8) is 0 Å². The van der Waals surface area contributed by atoms with Gasteiger partial charge in [0.1, 0.15) is 6.54 Å². The van der Waals surface area contributed by atoms with E-state index >= 15 is 0 Å². The summed E-state index contributed by atoms with van der Waals surface area (Å²) in [6, 6.07) is 9.09. The molecule has 2 aromatic rings. The summed E-state index contributed by atoms with van der Waals surface area (Å²) in [6.45, 7) is -0.211. The van der Waals surface area contributed by atoms with E-state index in [1.165, 1.54) is 29.0 Å². The Hall–Kier alpha value is -3.09. The minimum absolute atomic E-state index is 0.200. The summed E-state index contributed by atoms with van der Waals surface area (Å²) in [4.78, 5) is 34.8. The number of hydrogen-bond acceptors (Lipinski definition) is 4. The van der Waals surface area contributed by atoms with Gasteiger partial charge in [-0.2, -0.15) is 0 Å². The van der Waals surface area contributed by atoms with Crippen LogP contribution in [0.15, 0.2) is 47.4 Å². The van der Waals surface area contributed by atoms with Gasteiger partial charge in [-0.3, -0.25) is 14.4 Å². The number of para-hydroxylation sites is 1. The molecule has 0 saturated heterocycles. The fraction of sp³-hybridized carbons (Fsp3) is 0.0714. The van der Waals surface area contributed by atoms with Crippen molar-refractivity contribution in [1.29, 1.82) is 0 Å². The standard InChI is InChI=1S/C14H14N4O3/c15-9-5-6-13(20)18(7-9)8-12(19)17-11-4-2-1-3-10(11)14(16)21/h1-7H,8,15H2,(H2,16,21)(H,17,19). The number of nitrogens with one attached hydrogen (secondary N) is 1. The van der Waals surface area contributed by atoms with Crippen LogP contribution in [-0.2, 0) is 11.3 Å². The molecule has 0 aliphatic carbocycles. The summed E-state index contributed by atoms with van der Waals surface area (Å²) < 4.78 is 1.18. The number of nitrogen functional groups attached to an aromatic ring is 1. The first-order valence-electron chi connectivity index (χ1n) is 6.12. The molecule has 7 heteroatoms. The van der Waals surface area contributed by atoms with E-state index in [1.54, 1.807) is 18.2 Å². The van der Waals surface area contributed by atoms with Crippen LogP contribution in [0.5, 0.6) is 0 Å². The second-order valence-corrected chi connectivity index (χ2v) is 4.39. The Morgan fingerprint density at radius 3 is 2.57 bits per heavy atom. The van der Waals surface area contributed by atoms with E-state index in [0.29, 0.717) is 11.4 Å². The number of benzene rings is 1. The highest BCUT2D eigenvalue weighted by Gasteiger charge is 2.11. The van der Waals surface area contributed by atoms with Gasteiger partial charge in [0.05, 0.1) is 11.3 Å². The lowest BCUT2D eigenvalue weighted by Gasteiger charge is -2.10. The van der Waals surface area contributed by atoms with Crippen LogP contribution in [0.3, 0.4) is 0 Å². The van der Waals surface area contributed by atoms with Crippen LogP contribution in [0.4, 0.5) is 11.4 Å². The van der Waals surface area contributed by atoms with E-state index in [1.807, 2.05) is 0 Å². The van der Waals surface area contributed by atoms with Crippen LogP contribution < -0.4 is 22.3 Å². The Balaban J connectivity index is 2.18. The summed E-state index contributed by atoms with van der Waals surface area (Å²) in [5.41, 5.74) is 11.3. The van der Waals surface area contributed by atoms with Gasteiger partial charge in [-0.25, -0.2) is 0 Å². The van der Waals surface area contributed by atoms with Crippen molar-refractivity contribution in [1.82, 2.24) is 4.57 Å². The van der Waals surface area contributed by atoms with Crippen molar-refractivity contribution in [2.24, 2.45) is 5.73 Å². The Morgan fingerprint density at radius 2 is 1.86 bits per heavy atom. The predicted molar refractivity (Wildman–Crippen MR) is 78.7 cm³/mol. The number of carbonyl (C=O) groups is 2. The molecule has 21 heavy (non-hydrogen) atoms. The van der Waals surface area contributed by atoms with Crippen molar-refractivity contribution in [3.05, 3.63) is 58.5 Å². The first-order valence-corrected chi connectivity index (χ1v) is 6.12. The maximum absolute atomic E-state index is 12.0. The second-order valence-electron chi connectivity index (χ2n) is 4.39. The largest absolute Gasteiger partial charge is 0.398 e. The van der Waals surface area contributed by atoms with Crippen molar-refractivity contribution in [3.8, 4) is 0 Å². The van der Waals surface area contributed by atoms with E-state index in [-0.39, 0.29) is 17.7 Å². The molecule has 5 N–H and O–H groups in total. The van der Waals surface area contributed by atoms with Gasteiger partial charge >= 0.3 is 0 Å². The molecule has 1 aromatic carbocycles. The van der Waals surface area contributed by atoms with E-state index in [4.69, 9.17) is 11.5 Å². The van der Waals surface area contributed by atoms with Gasteiger partial charge in [0.2, 0.25) is 5.91 Å². The molecule has 0 saturated carbocycles. The lowest BCUT2D eigenvalue weighted by Crippen LogP contribution is -2.27. The molecule has 0 spiro atoms. The van der Waals surface area contributed by atoms with Crippen LogP contribution in [-0.4, -0.2) is 16.4 Å². The molecule has 0 bridgehead atoms. The molecule has 2 rings (SSSR count). The number of pyridine rings is 1. The molecule has 1 aromatic heterocycles. The lowest BCUT2D eigenvalue weighted by atomic mass is 10.1. The van der Waals surface area contributed by atoms with Crippen molar-refractivity contribution in [2.75, 3.05) is 11.1 Å². The van der Waals surface area contributed by atoms with Crippen LogP contribution in [0.2, 0.25) is 0 Å². The number of aromatic nitrogens is 1. The SMILES string of the molecule is NC(=O)c1ccccc1NC(=O)Cn1cc(N)ccc1=O. The average Bonchev–Trinajstić information content (AvgIpc) is 2.43.